The highest BCUT2D eigenvalue weighted by Crippen LogP contribution is 2.23. The van der Waals surface area contributed by atoms with Crippen LogP contribution in [0.2, 0.25) is 0 Å². The second kappa shape index (κ2) is 9.94. The third-order valence-electron chi connectivity index (χ3n) is 3.48. The molecule has 9 nitrogen and oxygen atoms in total. The van der Waals surface area contributed by atoms with Crippen LogP contribution in [0.1, 0.15) is 19.5 Å². The van der Waals surface area contributed by atoms with Crippen molar-refractivity contribution in [1.82, 2.24) is 15.8 Å². The lowest BCUT2D eigenvalue weighted by Crippen LogP contribution is -2.23. The fourth-order valence-electron chi connectivity index (χ4n) is 2.02. The summed E-state index contributed by atoms with van der Waals surface area (Å²) in [6.07, 6.45) is 1.83. The SMILES string of the molecule is CC(C)CN=S(C)(=N)CCNc1nonc1C(=Nc1ccc(F)c(Br)c1)NO. The molecule has 12 heteroatoms. The monoisotopic (exact) mass is 475 g/mol. The molecule has 1 aromatic carbocycles. The molecule has 1 heterocycles. The van der Waals surface area contributed by atoms with Gasteiger partial charge in [-0.05, 0) is 50.4 Å². The quantitative estimate of drug-likeness (QED) is 0.260. The molecule has 1 aromatic heterocycles. The van der Waals surface area contributed by atoms with Crippen LogP contribution in [0.3, 0.4) is 0 Å². The van der Waals surface area contributed by atoms with E-state index in [4.69, 9.17) is 9.41 Å². The first-order chi connectivity index (χ1) is 13.2. The standard InChI is InChI=1S/C16H23BrFN7O2S/c1-10(2)9-21-28(3,19)7-6-20-15-14(24-27-25-15)16(23-26)22-11-4-5-13(18)12(17)8-11/h4-5,8,10,19,26H,6-7,9H2,1-3H3,(H,20,25)(H,22,23). The number of anilines is 1. The van der Waals surface area contributed by atoms with Gasteiger partial charge in [-0.25, -0.2) is 14.0 Å². The number of aliphatic imine (C=N–C) groups is 1. The molecule has 0 radical (unpaired) electrons. The Morgan fingerprint density at radius 3 is 2.82 bits per heavy atom. The van der Waals surface area contributed by atoms with Gasteiger partial charge in [0.25, 0.3) is 0 Å². The van der Waals surface area contributed by atoms with E-state index in [1.54, 1.807) is 0 Å². The van der Waals surface area contributed by atoms with Crippen LogP contribution >= 0.6 is 15.9 Å². The minimum Gasteiger partial charge on any atom is -0.364 e. The molecule has 0 bridgehead atoms. The molecule has 0 fully saturated rings. The normalized spacial score (nSPS) is 14.0. The number of nitrogens with one attached hydrogen (secondary N) is 3. The van der Waals surface area contributed by atoms with Crippen molar-refractivity contribution in [3.8, 4) is 0 Å². The number of aromatic nitrogens is 2. The number of benzene rings is 1. The average Bonchev–Trinajstić information content (AvgIpc) is 3.09. The van der Waals surface area contributed by atoms with Crippen molar-refractivity contribution >= 4 is 42.9 Å². The van der Waals surface area contributed by atoms with Crippen LogP contribution in [-0.2, 0) is 9.62 Å². The van der Waals surface area contributed by atoms with Crippen LogP contribution in [0, 0.1) is 16.5 Å². The zero-order valence-electron chi connectivity index (χ0n) is 15.7. The zero-order chi connectivity index (χ0) is 20.7. The molecule has 0 saturated heterocycles. The topological polar surface area (TPSA) is 132 Å². The molecule has 1 unspecified atom stereocenters. The van der Waals surface area contributed by atoms with Crippen LogP contribution in [0.5, 0.6) is 0 Å². The number of rotatable bonds is 8. The Hall–Kier alpha value is -2.05. The molecular formula is C16H23BrFN7O2S. The summed E-state index contributed by atoms with van der Waals surface area (Å²) in [5.41, 5.74) is 2.49. The fraction of sp³-hybridized carbons (Fsp3) is 0.438. The molecule has 0 spiro atoms. The Kier molecular flexibility index (Phi) is 7.89. The van der Waals surface area contributed by atoms with Crippen molar-refractivity contribution in [3.63, 3.8) is 0 Å². The summed E-state index contributed by atoms with van der Waals surface area (Å²) in [5.74, 6) is 0.757. The molecule has 0 aliphatic carbocycles. The second-order valence-corrected chi connectivity index (χ2v) is 10.1. The van der Waals surface area contributed by atoms with Gasteiger partial charge in [0, 0.05) is 25.1 Å². The first-order valence-electron chi connectivity index (χ1n) is 8.42. The van der Waals surface area contributed by atoms with Crippen LogP contribution in [0.15, 0.2) is 36.7 Å². The molecule has 2 rings (SSSR count). The van der Waals surface area contributed by atoms with Gasteiger partial charge < -0.3 is 5.32 Å². The van der Waals surface area contributed by atoms with E-state index < -0.39 is 15.4 Å². The van der Waals surface area contributed by atoms with Crippen molar-refractivity contribution in [3.05, 3.63) is 34.2 Å². The van der Waals surface area contributed by atoms with Crippen molar-refractivity contribution in [1.29, 1.82) is 4.78 Å². The Balaban J connectivity index is 2.13. The van der Waals surface area contributed by atoms with E-state index in [1.807, 2.05) is 11.7 Å². The van der Waals surface area contributed by atoms with E-state index in [-0.39, 0.29) is 21.8 Å². The average molecular weight is 476 g/mol. The van der Waals surface area contributed by atoms with Crippen LogP contribution in [-0.4, -0.2) is 46.5 Å². The van der Waals surface area contributed by atoms with Crippen molar-refractivity contribution in [2.45, 2.75) is 13.8 Å². The largest absolute Gasteiger partial charge is 0.364 e. The Labute approximate surface area is 171 Å². The number of hydroxylamine groups is 1. The maximum absolute atomic E-state index is 13.4. The van der Waals surface area contributed by atoms with Crippen LogP contribution in [0.4, 0.5) is 15.9 Å². The maximum atomic E-state index is 13.4. The van der Waals surface area contributed by atoms with Crippen molar-refractivity contribution in [2.75, 3.05) is 30.4 Å². The van der Waals surface area contributed by atoms with Crippen LogP contribution in [0.25, 0.3) is 0 Å². The minimum atomic E-state index is -1.83. The lowest BCUT2D eigenvalue weighted by molar-refractivity contribution is 0.234. The van der Waals surface area contributed by atoms with E-state index in [0.29, 0.717) is 30.4 Å². The predicted octanol–water partition coefficient (Wildman–Crippen LogP) is 3.83. The van der Waals surface area contributed by atoms with Crippen molar-refractivity contribution < 1.29 is 14.2 Å². The van der Waals surface area contributed by atoms with Gasteiger partial charge in [-0.15, -0.1) is 0 Å². The zero-order valence-corrected chi connectivity index (χ0v) is 18.1. The molecule has 0 amide bonds. The van der Waals surface area contributed by atoms with Gasteiger partial charge in [0.2, 0.25) is 5.82 Å². The molecule has 0 aliphatic heterocycles. The summed E-state index contributed by atoms with van der Waals surface area (Å²) >= 11 is 3.09. The molecule has 0 saturated carbocycles. The summed E-state index contributed by atoms with van der Waals surface area (Å²) in [6.45, 7) is 5.21. The number of hydrogen-bond donors (Lipinski definition) is 4. The molecule has 154 valence electrons. The molecule has 2 aromatic rings. The third kappa shape index (κ3) is 6.53. The summed E-state index contributed by atoms with van der Waals surface area (Å²) in [6, 6.07) is 4.15. The maximum Gasteiger partial charge on any atom is 0.202 e. The lowest BCUT2D eigenvalue weighted by Gasteiger charge is -2.10. The third-order valence-corrected chi connectivity index (χ3v) is 5.81. The first kappa shape index (κ1) is 22.2. The molecule has 4 N–H and O–H groups in total. The number of hydrogen-bond acceptors (Lipinski definition) is 8. The number of halogens is 2. The number of amidine groups is 1. The summed E-state index contributed by atoms with van der Waals surface area (Å²) in [5, 5.41) is 20.0. The van der Waals surface area contributed by atoms with E-state index in [1.165, 1.54) is 18.2 Å². The Morgan fingerprint density at radius 1 is 1.43 bits per heavy atom. The summed E-state index contributed by atoms with van der Waals surface area (Å²) < 4.78 is 31.1. The molecular weight excluding hydrogens is 453 g/mol. The fourth-order valence-corrected chi connectivity index (χ4v) is 3.64. The van der Waals surface area contributed by atoms with Gasteiger partial charge in [0.1, 0.15) is 5.82 Å². The smallest absolute Gasteiger partial charge is 0.202 e. The summed E-state index contributed by atoms with van der Waals surface area (Å²) in [4.78, 5) is 4.19. The van der Waals surface area contributed by atoms with Gasteiger partial charge in [0.15, 0.2) is 11.5 Å². The van der Waals surface area contributed by atoms with E-state index >= 15 is 0 Å². The number of nitrogens with zero attached hydrogens (tertiary/aromatic N) is 4. The Bertz CT molecular complexity index is 954. The highest BCUT2D eigenvalue weighted by atomic mass is 79.9. The van der Waals surface area contributed by atoms with Gasteiger partial charge in [-0.3, -0.25) is 19.8 Å². The van der Waals surface area contributed by atoms with Gasteiger partial charge in [0.05, 0.1) is 10.2 Å². The van der Waals surface area contributed by atoms with Gasteiger partial charge >= 0.3 is 0 Å². The Morgan fingerprint density at radius 2 is 2.18 bits per heavy atom. The summed E-state index contributed by atoms with van der Waals surface area (Å²) in [7, 11) is -1.83. The van der Waals surface area contributed by atoms with Crippen LogP contribution < -0.4 is 10.8 Å². The van der Waals surface area contributed by atoms with E-state index in [2.05, 4.69) is 54.8 Å². The highest BCUT2D eigenvalue weighted by Gasteiger charge is 2.17. The molecule has 28 heavy (non-hydrogen) atoms. The van der Waals surface area contributed by atoms with E-state index in [9.17, 15) is 9.60 Å². The minimum absolute atomic E-state index is 0.0206. The van der Waals surface area contributed by atoms with E-state index in [0.717, 1.165) is 0 Å². The predicted molar refractivity (Wildman–Crippen MR) is 111 cm³/mol. The lowest BCUT2D eigenvalue weighted by atomic mass is 10.2. The second-order valence-electron chi connectivity index (χ2n) is 6.51. The van der Waals surface area contributed by atoms with Gasteiger partial charge in [-0.2, -0.15) is 0 Å². The molecule has 0 aliphatic rings. The molecule has 1 atom stereocenters. The first-order valence-corrected chi connectivity index (χ1v) is 11.4. The highest BCUT2D eigenvalue weighted by molar-refractivity contribution is 9.10. The van der Waals surface area contributed by atoms with Crippen molar-refractivity contribution in [2.24, 2.45) is 15.3 Å². The van der Waals surface area contributed by atoms with Gasteiger partial charge in [-0.1, -0.05) is 23.5 Å².